The van der Waals surface area contributed by atoms with Crippen LogP contribution in [0.3, 0.4) is 0 Å². The summed E-state index contributed by atoms with van der Waals surface area (Å²) in [6.45, 7) is 3.10. The van der Waals surface area contributed by atoms with Crippen LogP contribution in [-0.4, -0.2) is 54.5 Å². The van der Waals surface area contributed by atoms with E-state index in [9.17, 15) is 4.79 Å². The predicted molar refractivity (Wildman–Crippen MR) is 97.6 cm³/mol. The van der Waals surface area contributed by atoms with Gasteiger partial charge in [-0.1, -0.05) is 12.1 Å². The van der Waals surface area contributed by atoms with Gasteiger partial charge in [-0.25, -0.2) is 4.79 Å². The molecule has 2 amide bonds. The van der Waals surface area contributed by atoms with Crippen molar-refractivity contribution in [1.29, 1.82) is 0 Å². The van der Waals surface area contributed by atoms with Crippen molar-refractivity contribution < 1.29 is 9.53 Å². The van der Waals surface area contributed by atoms with E-state index in [4.69, 9.17) is 4.74 Å². The Morgan fingerprint density at radius 1 is 1.32 bits per heavy atom. The van der Waals surface area contributed by atoms with E-state index in [2.05, 4.69) is 20.6 Å². The van der Waals surface area contributed by atoms with Crippen molar-refractivity contribution in [2.45, 2.75) is 25.6 Å². The standard InChI is InChI=1S/C18H27N5O2/c1-14(13-23-11-5-10-20-23)21-18(24)19-12-17(22(2)3)15-6-8-16(25-4)9-7-15/h5-11,14,17H,12-13H2,1-4H3,(H2,19,21,24)/t14-,17+/m1/s1. The molecular weight excluding hydrogens is 318 g/mol. The molecule has 1 heterocycles. The van der Waals surface area contributed by atoms with E-state index in [-0.39, 0.29) is 18.1 Å². The lowest BCUT2D eigenvalue weighted by Crippen LogP contribution is -2.45. The van der Waals surface area contributed by atoms with Gasteiger partial charge in [-0.3, -0.25) is 4.68 Å². The molecule has 0 bridgehead atoms. The molecule has 0 unspecified atom stereocenters. The van der Waals surface area contributed by atoms with E-state index in [1.165, 1.54) is 0 Å². The van der Waals surface area contributed by atoms with Crippen LogP contribution in [-0.2, 0) is 6.54 Å². The largest absolute Gasteiger partial charge is 0.497 e. The number of carbonyl (C=O) groups is 1. The summed E-state index contributed by atoms with van der Waals surface area (Å²) in [5.74, 6) is 0.819. The van der Waals surface area contributed by atoms with Crippen LogP contribution >= 0.6 is 0 Å². The van der Waals surface area contributed by atoms with Crippen LogP contribution in [0.5, 0.6) is 5.75 Å². The summed E-state index contributed by atoms with van der Waals surface area (Å²) in [6, 6.07) is 9.64. The Morgan fingerprint density at radius 3 is 2.60 bits per heavy atom. The zero-order chi connectivity index (χ0) is 18.2. The molecule has 7 nitrogen and oxygen atoms in total. The lowest BCUT2D eigenvalue weighted by atomic mass is 10.1. The number of hydrogen-bond donors (Lipinski definition) is 2. The van der Waals surface area contributed by atoms with E-state index in [0.29, 0.717) is 13.1 Å². The summed E-state index contributed by atoms with van der Waals surface area (Å²) < 4.78 is 6.99. The molecule has 0 spiro atoms. The zero-order valence-electron chi connectivity index (χ0n) is 15.3. The average Bonchev–Trinajstić information content (AvgIpc) is 3.08. The summed E-state index contributed by atoms with van der Waals surface area (Å²) in [5, 5.41) is 10.0. The number of ether oxygens (including phenoxy) is 1. The maximum atomic E-state index is 12.2. The van der Waals surface area contributed by atoms with Crippen molar-refractivity contribution in [3.63, 3.8) is 0 Å². The fraction of sp³-hybridized carbons (Fsp3) is 0.444. The molecular formula is C18H27N5O2. The molecule has 7 heteroatoms. The third-order valence-electron chi connectivity index (χ3n) is 3.98. The van der Waals surface area contributed by atoms with Gasteiger partial charge in [0.05, 0.1) is 19.7 Å². The highest BCUT2D eigenvalue weighted by molar-refractivity contribution is 5.74. The number of hydrogen-bond acceptors (Lipinski definition) is 4. The fourth-order valence-corrected chi connectivity index (χ4v) is 2.62. The van der Waals surface area contributed by atoms with Gasteiger partial charge in [0.2, 0.25) is 0 Å². The number of nitrogens with one attached hydrogen (secondary N) is 2. The van der Waals surface area contributed by atoms with Gasteiger partial charge in [0, 0.05) is 25.0 Å². The molecule has 0 aliphatic heterocycles. The Balaban J connectivity index is 1.86. The van der Waals surface area contributed by atoms with Gasteiger partial charge in [0.15, 0.2) is 0 Å². The van der Waals surface area contributed by atoms with Gasteiger partial charge in [-0.15, -0.1) is 0 Å². The molecule has 2 rings (SSSR count). The molecule has 0 aliphatic carbocycles. The van der Waals surface area contributed by atoms with Crippen molar-refractivity contribution in [3.05, 3.63) is 48.3 Å². The maximum absolute atomic E-state index is 12.2. The summed E-state index contributed by atoms with van der Waals surface area (Å²) in [6.07, 6.45) is 3.60. The number of benzene rings is 1. The van der Waals surface area contributed by atoms with Crippen molar-refractivity contribution in [2.24, 2.45) is 0 Å². The lowest BCUT2D eigenvalue weighted by Gasteiger charge is -2.25. The van der Waals surface area contributed by atoms with Crippen molar-refractivity contribution in [3.8, 4) is 5.75 Å². The van der Waals surface area contributed by atoms with Crippen LogP contribution in [0.25, 0.3) is 0 Å². The third kappa shape index (κ3) is 5.79. The van der Waals surface area contributed by atoms with E-state index in [1.807, 2.05) is 57.5 Å². The quantitative estimate of drug-likeness (QED) is 0.766. The topological polar surface area (TPSA) is 71.4 Å². The van der Waals surface area contributed by atoms with E-state index < -0.39 is 0 Å². The summed E-state index contributed by atoms with van der Waals surface area (Å²) in [5.41, 5.74) is 1.12. The minimum Gasteiger partial charge on any atom is -0.497 e. The number of likely N-dealkylation sites (N-methyl/N-ethyl adjacent to an activating group) is 1. The molecule has 0 radical (unpaired) electrons. The van der Waals surface area contributed by atoms with E-state index >= 15 is 0 Å². The van der Waals surface area contributed by atoms with E-state index in [1.54, 1.807) is 18.0 Å². The lowest BCUT2D eigenvalue weighted by molar-refractivity contribution is 0.228. The van der Waals surface area contributed by atoms with E-state index in [0.717, 1.165) is 11.3 Å². The molecule has 2 atom stereocenters. The van der Waals surface area contributed by atoms with Crippen molar-refractivity contribution in [1.82, 2.24) is 25.3 Å². The molecule has 0 fully saturated rings. The molecule has 1 aromatic carbocycles. The predicted octanol–water partition coefficient (Wildman–Crippen LogP) is 1.88. The van der Waals surface area contributed by atoms with Gasteiger partial charge in [0.1, 0.15) is 5.75 Å². The normalized spacial score (nSPS) is 13.3. The van der Waals surface area contributed by atoms with Gasteiger partial charge < -0.3 is 20.3 Å². The summed E-state index contributed by atoms with van der Waals surface area (Å²) >= 11 is 0. The third-order valence-corrected chi connectivity index (χ3v) is 3.98. The fourth-order valence-electron chi connectivity index (χ4n) is 2.62. The number of methoxy groups -OCH3 is 1. The molecule has 2 aromatic rings. The average molecular weight is 345 g/mol. The Kier molecular flexibility index (Phi) is 6.82. The summed E-state index contributed by atoms with van der Waals surface area (Å²) in [4.78, 5) is 14.2. The van der Waals surface area contributed by atoms with Gasteiger partial charge in [-0.2, -0.15) is 5.10 Å². The number of amides is 2. The van der Waals surface area contributed by atoms with Gasteiger partial charge in [0.25, 0.3) is 0 Å². The number of rotatable bonds is 8. The van der Waals surface area contributed by atoms with Crippen LogP contribution < -0.4 is 15.4 Å². The molecule has 136 valence electrons. The van der Waals surface area contributed by atoms with Crippen LogP contribution in [0, 0.1) is 0 Å². The monoisotopic (exact) mass is 345 g/mol. The van der Waals surface area contributed by atoms with Crippen LogP contribution in [0.1, 0.15) is 18.5 Å². The minimum atomic E-state index is -0.181. The number of urea groups is 1. The highest BCUT2D eigenvalue weighted by atomic mass is 16.5. The first-order valence-electron chi connectivity index (χ1n) is 8.31. The molecule has 0 saturated carbocycles. The first-order chi connectivity index (χ1) is 12.0. The molecule has 0 saturated heterocycles. The SMILES string of the molecule is COc1ccc([C@H](CNC(=O)N[C@H](C)Cn2cccn2)N(C)C)cc1. The minimum absolute atomic E-state index is 0.0151. The van der Waals surface area contributed by atoms with Gasteiger partial charge in [-0.05, 0) is 44.8 Å². The second kappa shape index (κ2) is 9.08. The molecule has 0 aliphatic rings. The molecule has 25 heavy (non-hydrogen) atoms. The Morgan fingerprint density at radius 2 is 2.04 bits per heavy atom. The van der Waals surface area contributed by atoms with Gasteiger partial charge >= 0.3 is 6.03 Å². The summed E-state index contributed by atoms with van der Waals surface area (Å²) in [7, 11) is 5.64. The first kappa shape index (κ1) is 18.8. The number of nitrogens with zero attached hydrogens (tertiary/aromatic N) is 3. The Hall–Kier alpha value is -2.54. The highest BCUT2D eigenvalue weighted by Gasteiger charge is 2.16. The maximum Gasteiger partial charge on any atom is 0.315 e. The number of aromatic nitrogens is 2. The second-order valence-corrected chi connectivity index (χ2v) is 6.24. The van der Waals surface area contributed by atoms with Crippen molar-refractivity contribution in [2.75, 3.05) is 27.7 Å². The van der Waals surface area contributed by atoms with Crippen LogP contribution in [0.4, 0.5) is 4.79 Å². The molecule has 2 N–H and O–H groups in total. The Labute approximate surface area is 149 Å². The highest BCUT2D eigenvalue weighted by Crippen LogP contribution is 2.20. The van der Waals surface area contributed by atoms with Crippen LogP contribution in [0.2, 0.25) is 0 Å². The Bertz CT molecular complexity index is 640. The van der Waals surface area contributed by atoms with Crippen molar-refractivity contribution >= 4 is 6.03 Å². The van der Waals surface area contributed by atoms with Crippen LogP contribution in [0.15, 0.2) is 42.7 Å². The zero-order valence-corrected chi connectivity index (χ0v) is 15.3. The smallest absolute Gasteiger partial charge is 0.315 e. The number of carbonyl (C=O) groups excluding carboxylic acids is 1. The molecule has 1 aromatic heterocycles. The first-order valence-corrected chi connectivity index (χ1v) is 8.31. The second-order valence-electron chi connectivity index (χ2n) is 6.24.